The number of H-pyrrole nitrogens is 1. The van der Waals surface area contributed by atoms with Gasteiger partial charge in [-0.05, 0) is 48.5 Å². The van der Waals surface area contributed by atoms with Gasteiger partial charge in [0.25, 0.3) is 15.9 Å². The molecule has 3 aromatic rings. The summed E-state index contributed by atoms with van der Waals surface area (Å²) < 4.78 is 27.9. The highest BCUT2D eigenvalue weighted by Crippen LogP contribution is 2.35. The lowest BCUT2D eigenvalue weighted by molar-refractivity contribution is -0.110. The van der Waals surface area contributed by atoms with Crippen molar-refractivity contribution in [1.82, 2.24) is 4.98 Å². The zero-order valence-electron chi connectivity index (χ0n) is 13.6. The number of aromatic amines is 1. The number of nitrogens with one attached hydrogen (secondary N) is 3. The van der Waals surface area contributed by atoms with E-state index in [1.54, 1.807) is 42.6 Å². The molecule has 26 heavy (non-hydrogen) atoms. The number of fused-ring (bicyclic) bond motifs is 1. The molecule has 0 saturated heterocycles. The minimum absolute atomic E-state index is 0.0917. The fourth-order valence-electron chi connectivity index (χ4n) is 2.79. The molecule has 7 heteroatoms. The highest BCUT2D eigenvalue weighted by molar-refractivity contribution is 7.92. The highest BCUT2D eigenvalue weighted by Gasteiger charge is 2.26. The number of rotatable bonds is 4. The number of para-hydroxylation sites is 1. The third-order valence-electron chi connectivity index (χ3n) is 4.03. The van der Waals surface area contributed by atoms with Gasteiger partial charge in [-0.1, -0.05) is 18.2 Å². The molecule has 130 valence electrons. The van der Waals surface area contributed by atoms with Gasteiger partial charge in [-0.2, -0.15) is 0 Å². The van der Waals surface area contributed by atoms with E-state index in [2.05, 4.69) is 15.0 Å². The lowest BCUT2D eigenvalue weighted by atomic mass is 10.1. The molecule has 2 heterocycles. The maximum absolute atomic E-state index is 12.7. The summed E-state index contributed by atoms with van der Waals surface area (Å²) in [7, 11) is -3.76. The van der Waals surface area contributed by atoms with Crippen LogP contribution in [0.4, 0.5) is 11.4 Å². The minimum Gasteiger partial charge on any atom is -0.362 e. The molecular formula is C19H15N3O3S. The average Bonchev–Trinajstić information content (AvgIpc) is 3.24. The minimum atomic E-state index is -3.76. The van der Waals surface area contributed by atoms with Crippen LogP contribution in [0.2, 0.25) is 0 Å². The van der Waals surface area contributed by atoms with Crippen LogP contribution in [0.25, 0.3) is 11.6 Å². The molecule has 1 aliphatic rings. The number of hydrogen-bond acceptors (Lipinski definition) is 3. The van der Waals surface area contributed by atoms with E-state index in [9.17, 15) is 13.2 Å². The second-order valence-corrected chi connectivity index (χ2v) is 7.50. The predicted octanol–water partition coefficient (Wildman–Crippen LogP) is 3.31. The number of hydrogen-bond donors (Lipinski definition) is 3. The Labute approximate surface area is 150 Å². The SMILES string of the molecule is O=C1Nc2ccc(S(=O)(=O)Nc3ccccc3)cc2C1=Cc1ccc[nH]1. The van der Waals surface area contributed by atoms with Gasteiger partial charge in [0.1, 0.15) is 0 Å². The largest absolute Gasteiger partial charge is 0.362 e. The van der Waals surface area contributed by atoms with Crippen molar-refractivity contribution in [3.63, 3.8) is 0 Å². The van der Waals surface area contributed by atoms with Gasteiger partial charge in [-0.25, -0.2) is 8.42 Å². The van der Waals surface area contributed by atoms with Gasteiger partial charge in [0.05, 0.1) is 10.5 Å². The van der Waals surface area contributed by atoms with Gasteiger partial charge in [0.15, 0.2) is 0 Å². The number of anilines is 2. The van der Waals surface area contributed by atoms with E-state index in [4.69, 9.17) is 0 Å². The van der Waals surface area contributed by atoms with Crippen LogP contribution in [0.5, 0.6) is 0 Å². The van der Waals surface area contributed by atoms with Gasteiger partial charge in [0.2, 0.25) is 0 Å². The Morgan fingerprint density at radius 1 is 0.962 bits per heavy atom. The quantitative estimate of drug-likeness (QED) is 0.620. The average molecular weight is 365 g/mol. The Bertz CT molecular complexity index is 1100. The fourth-order valence-corrected chi connectivity index (χ4v) is 3.87. The molecule has 0 fully saturated rings. The molecule has 1 aromatic heterocycles. The predicted molar refractivity (Wildman–Crippen MR) is 101 cm³/mol. The molecule has 0 radical (unpaired) electrons. The number of sulfonamides is 1. The molecule has 0 saturated carbocycles. The van der Waals surface area contributed by atoms with E-state index < -0.39 is 10.0 Å². The van der Waals surface area contributed by atoms with Crippen LogP contribution in [0.3, 0.4) is 0 Å². The summed E-state index contributed by atoms with van der Waals surface area (Å²) in [6.45, 7) is 0. The molecule has 3 N–H and O–H groups in total. The van der Waals surface area contributed by atoms with Gasteiger partial charge in [-0.3, -0.25) is 9.52 Å². The van der Waals surface area contributed by atoms with Crippen LogP contribution in [-0.2, 0) is 14.8 Å². The van der Waals surface area contributed by atoms with Gasteiger partial charge in [-0.15, -0.1) is 0 Å². The number of benzene rings is 2. The standard InChI is InChI=1S/C19H15N3O3S/c23-19-17(11-14-7-4-10-20-14)16-12-15(8-9-18(16)21-19)26(24,25)22-13-5-2-1-3-6-13/h1-12,20,22H,(H,21,23). The van der Waals surface area contributed by atoms with Crippen molar-refractivity contribution in [3.05, 3.63) is 78.1 Å². The zero-order valence-corrected chi connectivity index (χ0v) is 14.4. The van der Waals surface area contributed by atoms with Crippen LogP contribution >= 0.6 is 0 Å². The van der Waals surface area contributed by atoms with Crippen molar-refractivity contribution in [2.75, 3.05) is 10.0 Å². The normalized spacial score (nSPS) is 14.9. The summed E-state index contributed by atoms with van der Waals surface area (Å²) >= 11 is 0. The zero-order chi connectivity index (χ0) is 18.1. The third-order valence-corrected chi connectivity index (χ3v) is 5.41. The summed E-state index contributed by atoms with van der Waals surface area (Å²) in [4.78, 5) is 15.3. The van der Waals surface area contributed by atoms with E-state index in [1.165, 1.54) is 12.1 Å². The Morgan fingerprint density at radius 2 is 1.77 bits per heavy atom. The third kappa shape index (κ3) is 3.00. The van der Waals surface area contributed by atoms with E-state index in [0.717, 1.165) is 5.69 Å². The molecule has 6 nitrogen and oxygen atoms in total. The van der Waals surface area contributed by atoms with Crippen LogP contribution in [0.15, 0.2) is 71.8 Å². The Balaban J connectivity index is 1.73. The highest BCUT2D eigenvalue weighted by atomic mass is 32.2. The topological polar surface area (TPSA) is 91.1 Å². The summed E-state index contributed by atoms with van der Waals surface area (Å²) in [5.74, 6) is -0.264. The Hall–Kier alpha value is -3.32. The molecule has 0 bridgehead atoms. The van der Waals surface area contributed by atoms with E-state index in [0.29, 0.717) is 22.5 Å². The number of carbonyl (C=O) groups is 1. The monoisotopic (exact) mass is 365 g/mol. The van der Waals surface area contributed by atoms with Gasteiger partial charge < -0.3 is 10.3 Å². The van der Waals surface area contributed by atoms with E-state index in [1.807, 2.05) is 18.2 Å². The number of amides is 1. The number of aromatic nitrogens is 1. The molecular weight excluding hydrogens is 350 g/mol. The van der Waals surface area contributed by atoms with Gasteiger partial charge >= 0.3 is 0 Å². The summed E-state index contributed by atoms with van der Waals surface area (Å²) in [6, 6.07) is 16.9. The van der Waals surface area contributed by atoms with Crippen molar-refractivity contribution in [1.29, 1.82) is 0 Å². The number of carbonyl (C=O) groups excluding carboxylic acids is 1. The second kappa shape index (κ2) is 6.20. The summed E-state index contributed by atoms with van der Waals surface area (Å²) in [5, 5.41) is 2.75. The van der Waals surface area contributed by atoms with Crippen molar-refractivity contribution in [3.8, 4) is 0 Å². The smallest absolute Gasteiger partial charge is 0.261 e. The van der Waals surface area contributed by atoms with Crippen molar-refractivity contribution in [2.45, 2.75) is 4.90 Å². The first-order valence-corrected chi connectivity index (χ1v) is 9.40. The Morgan fingerprint density at radius 3 is 2.50 bits per heavy atom. The molecule has 1 aliphatic heterocycles. The van der Waals surface area contributed by atoms with Crippen LogP contribution < -0.4 is 10.0 Å². The summed E-state index contributed by atoms with van der Waals surface area (Å²) in [5.41, 5.74) is 2.80. The lowest BCUT2D eigenvalue weighted by Crippen LogP contribution is -2.13. The first-order chi connectivity index (χ1) is 12.5. The maximum atomic E-state index is 12.7. The molecule has 0 atom stereocenters. The van der Waals surface area contributed by atoms with E-state index in [-0.39, 0.29) is 10.8 Å². The maximum Gasteiger partial charge on any atom is 0.261 e. The first kappa shape index (κ1) is 16.2. The molecule has 2 aromatic carbocycles. The van der Waals surface area contributed by atoms with Crippen molar-refractivity contribution < 1.29 is 13.2 Å². The summed E-state index contributed by atoms with van der Waals surface area (Å²) in [6.07, 6.45) is 3.45. The van der Waals surface area contributed by atoms with Crippen LogP contribution in [0, 0.1) is 0 Å². The van der Waals surface area contributed by atoms with Gasteiger partial charge in [0, 0.05) is 28.8 Å². The second-order valence-electron chi connectivity index (χ2n) is 5.82. The van der Waals surface area contributed by atoms with Crippen LogP contribution in [-0.4, -0.2) is 19.3 Å². The first-order valence-electron chi connectivity index (χ1n) is 7.92. The molecule has 0 unspecified atom stereocenters. The molecule has 4 rings (SSSR count). The lowest BCUT2D eigenvalue weighted by Gasteiger charge is -2.09. The molecule has 1 amide bonds. The molecule has 0 spiro atoms. The van der Waals surface area contributed by atoms with Crippen molar-refractivity contribution in [2.24, 2.45) is 0 Å². The van der Waals surface area contributed by atoms with Crippen LogP contribution in [0.1, 0.15) is 11.3 Å². The van der Waals surface area contributed by atoms with Crippen molar-refractivity contribution >= 4 is 39.0 Å². The Kier molecular flexibility index (Phi) is 3.85. The van der Waals surface area contributed by atoms with E-state index >= 15 is 0 Å². The fraction of sp³-hybridized carbons (Fsp3) is 0. The molecule has 0 aliphatic carbocycles.